The minimum absolute atomic E-state index is 0.0696. The summed E-state index contributed by atoms with van der Waals surface area (Å²) in [6, 6.07) is 14.5. The van der Waals surface area contributed by atoms with Crippen LogP contribution in [0.2, 0.25) is 0 Å². The minimum Gasteiger partial charge on any atom is -0.490 e. The average molecular weight is 509 g/mol. The number of carbonyl (C=O) groups excluding carboxylic acids is 2. The van der Waals surface area contributed by atoms with Gasteiger partial charge in [0.05, 0.1) is 32.1 Å². The van der Waals surface area contributed by atoms with Gasteiger partial charge in [0.15, 0.2) is 18.1 Å². The molecule has 0 spiro atoms. The third-order valence-electron chi connectivity index (χ3n) is 5.62. The van der Waals surface area contributed by atoms with Crippen molar-refractivity contribution in [3.05, 3.63) is 71.5 Å². The van der Waals surface area contributed by atoms with Crippen LogP contribution in [0.5, 0.6) is 23.0 Å². The Morgan fingerprint density at radius 3 is 2.30 bits per heavy atom. The van der Waals surface area contributed by atoms with Gasteiger partial charge in [-0.05, 0) is 51.1 Å². The van der Waals surface area contributed by atoms with E-state index in [4.69, 9.17) is 18.9 Å². The summed E-state index contributed by atoms with van der Waals surface area (Å²) >= 11 is 0. The van der Waals surface area contributed by atoms with Gasteiger partial charge in [0.25, 0.3) is 11.8 Å². The fourth-order valence-electron chi connectivity index (χ4n) is 3.98. The second-order valence-corrected chi connectivity index (χ2v) is 8.10. The summed E-state index contributed by atoms with van der Waals surface area (Å²) in [7, 11) is 0. The molecule has 3 aromatic rings. The van der Waals surface area contributed by atoms with Crippen LogP contribution < -0.4 is 29.2 Å². The fourth-order valence-corrected chi connectivity index (χ4v) is 3.98. The van der Waals surface area contributed by atoms with E-state index in [1.165, 1.54) is 11.0 Å². The molecular formula is C28H29FN2O6. The topological polar surface area (TPSA) is 86.3 Å². The molecule has 0 aromatic heterocycles. The molecule has 3 aromatic carbocycles. The van der Waals surface area contributed by atoms with Crippen molar-refractivity contribution < 1.29 is 32.9 Å². The normalized spacial score (nSPS) is 12.4. The van der Waals surface area contributed by atoms with Crippen LogP contribution in [-0.2, 0) is 11.3 Å². The van der Waals surface area contributed by atoms with E-state index < -0.39 is 0 Å². The molecule has 1 N–H and O–H groups in total. The number of hydrogen-bond donors (Lipinski definition) is 1. The van der Waals surface area contributed by atoms with Gasteiger partial charge in [-0.2, -0.15) is 0 Å². The molecule has 194 valence electrons. The lowest BCUT2D eigenvalue weighted by molar-refractivity contribution is -0.121. The number of carbonyl (C=O) groups is 2. The Morgan fingerprint density at radius 1 is 0.973 bits per heavy atom. The first kappa shape index (κ1) is 25.8. The smallest absolute Gasteiger partial charge is 0.265 e. The van der Waals surface area contributed by atoms with Gasteiger partial charge in [0.1, 0.15) is 11.6 Å². The molecule has 0 bridgehead atoms. The maximum absolute atomic E-state index is 14.2. The molecule has 4 rings (SSSR count). The van der Waals surface area contributed by atoms with E-state index in [1.54, 1.807) is 48.5 Å². The first-order chi connectivity index (χ1) is 17.9. The number of benzene rings is 3. The summed E-state index contributed by atoms with van der Waals surface area (Å²) in [5.74, 6) is 0.622. The van der Waals surface area contributed by atoms with Crippen LogP contribution in [0.1, 0.15) is 36.7 Å². The number of ether oxygens (including phenoxy) is 4. The summed E-state index contributed by atoms with van der Waals surface area (Å²) < 4.78 is 36.9. The van der Waals surface area contributed by atoms with Gasteiger partial charge in [0.2, 0.25) is 5.75 Å². The number of rotatable bonds is 10. The van der Waals surface area contributed by atoms with Crippen molar-refractivity contribution >= 4 is 23.2 Å². The summed E-state index contributed by atoms with van der Waals surface area (Å²) in [5, 5.41) is 2.85. The number of nitrogens with zero attached hydrogens (tertiary/aromatic N) is 1. The predicted molar refractivity (Wildman–Crippen MR) is 137 cm³/mol. The lowest BCUT2D eigenvalue weighted by atomic mass is 10.1. The third-order valence-corrected chi connectivity index (χ3v) is 5.62. The molecule has 2 amide bonds. The molecule has 9 heteroatoms. The number of anilines is 2. The highest BCUT2D eigenvalue weighted by atomic mass is 19.1. The van der Waals surface area contributed by atoms with E-state index in [-0.39, 0.29) is 30.8 Å². The monoisotopic (exact) mass is 508 g/mol. The summed E-state index contributed by atoms with van der Waals surface area (Å²) in [6.07, 6.45) is 0. The highest BCUT2D eigenvalue weighted by Gasteiger charge is 2.27. The average Bonchev–Trinajstić information content (AvgIpc) is 2.89. The van der Waals surface area contributed by atoms with E-state index >= 15 is 0 Å². The van der Waals surface area contributed by atoms with Crippen LogP contribution in [0, 0.1) is 5.82 Å². The molecule has 0 radical (unpaired) electrons. The second kappa shape index (κ2) is 11.6. The molecular weight excluding hydrogens is 479 g/mol. The van der Waals surface area contributed by atoms with Crippen molar-refractivity contribution in [2.75, 3.05) is 36.6 Å². The predicted octanol–water partition coefficient (Wildman–Crippen LogP) is 5.20. The first-order valence-corrected chi connectivity index (χ1v) is 12.1. The Labute approximate surface area is 214 Å². The van der Waals surface area contributed by atoms with Gasteiger partial charge in [-0.15, -0.1) is 0 Å². The highest BCUT2D eigenvalue weighted by Crippen LogP contribution is 2.40. The summed E-state index contributed by atoms with van der Waals surface area (Å²) in [4.78, 5) is 27.2. The molecule has 8 nitrogen and oxygen atoms in total. The lowest BCUT2D eigenvalue weighted by Gasteiger charge is -2.30. The molecule has 1 heterocycles. The van der Waals surface area contributed by atoms with Crippen molar-refractivity contribution in [3.63, 3.8) is 0 Å². The van der Waals surface area contributed by atoms with E-state index in [9.17, 15) is 14.0 Å². The molecule has 37 heavy (non-hydrogen) atoms. The number of halogens is 1. The Kier molecular flexibility index (Phi) is 8.12. The minimum atomic E-state index is -0.389. The molecule has 1 aliphatic heterocycles. The highest BCUT2D eigenvalue weighted by molar-refractivity contribution is 6.06. The zero-order valence-corrected chi connectivity index (χ0v) is 21.0. The zero-order chi connectivity index (χ0) is 26.4. The van der Waals surface area contributed by atoms with Crippen LogP contribution in [-0.4, -0.2) is 38.2 Å². The Balaban J connectivity index is 1.58. The molecule has 0 saturated carbocycles. The number of amides is 2. The SMILES string of the molecule is CCOc1cc(C(=O)Nc2ccc3c(c2)OCC(=O)N3Cc2ccccc2F)cc(OCC)c1OCC. The second-order valence-electron chi connectivity index (χ2n) is 8.10. The molecule has 0 atom stereocenters. The van der Waals surface area contributed by atoms with Gasteiger partial charge < -0.3 is 29.2 Å². The van der Waals surface area contributed by atoms with Crippen molar-refractivity contribution in [2.24, 2.45) is 0 Å². The Hall–Kier alpha value is -4.27. The summed E-state index contributed by atoms with van der Waals surface area (Å²) in [6.45, 7) is 6.62. The molecule has 0 saturated heterocycles. The van der Waals surface area contributed by atoms with Gasteiger partial charge >= 0.3 is 0 Å². The number of nitrogens with one attached hydrogen (secondary N) is 1. The van der Waals surface area contributed by atoms with E-state index in [2.05, 4.69) is 5.32 Å². The molecule has 1 aliphatic rings. The number of fused-ring (bicyclic) bond motifs is 1. The molecule has 0 aliphatic carbocycles. The number of hydrogen-bond acceptors (Lipinski definition) is 6. The Bertz CT molecular complexity index is 1270. The van der Waals surface area contributed by atoms with Crippen LogP contribution in [0.4, 0.5) is 15.8 Å². The standard InChI is InChI=1S/C28H29FN2O6/c1-4-34-24-13-19(14-25(35-5-2)27(24)36-6-3)28(33)30-20-11-12-22-23(15-20)37-17-26(32)31(22)16-18-9-7-8-10-21(18)29/h7-15H,4-6,16-17H2,1-3H3,(H,30,33). The van der Waals surface area contributed by atoms with Crippen molar-refractivity contribution in [1.29, 1.82) is 0 Å². The fraction of sp³-hybridized carbons (Fsp3) is 0.286. The van der Waals surface area contributed by atoms with E-state index in [1.807, 2.05) is 20.8 Å². The lowest BCUT2D eigenvalue weighted by Crippen LogP contribution is -2.38. The zero-order valence-electron chi connectivity index (χ0n) is 21.0. The van der Waals surface area contributed by atoms with Gasteiger partial charge in [-0.25, -0.2) is 4.39 Å². The van der Waals surface area contributed by atoms with Crippen LogP contribution in [0.3, 0.4) is 0 Å². The maximum Gasteiger partial charge on any atom is 0.265 e. The van der Waals surface area contributed by atoms with E-state index in [0.29, 0.717) is 65.3 Å². The Morgan fingerprint density at radius 2 is 1.65 bits per heavy atom. The van der Waals surface area contributed by atoms with Gasteiger partial charge in [-0.3, -0.25) is 9.59 Å². The van der Waals surface area contributed by atoms with Crippen LogP contribution >= 0.6 is 0 Å². The largest absolute Gasteiger partial charge is 0.490 e. The quantitative estimate of drug-likeness (QED) is 0.405. The van der Waals surface area contributed by atoms with Crippen molar-refractivity contribution in [1.82, 2.24) is 0 Å². The molecule has 0 fully saturated rings. The van der Waals surface area contributed by atoms with Gasteiger partial charge in [-0.1, -0.05) is 18.2 Å². The van der Waals surface area contributed by atoms with Gasteiger partial charge in [0, 0.05) is 22.9 Å². The maximum atomic E-state index is 14.2. The van der Waals surface area contributed by atoms with Crippen molar-refractivity contribution in [2.45, 2.75) is 27.3 Å². The first-order valence-electron chi connectivity index (χ1n) is 12.1. The summed E-state index contributed by atoms with van der Waals surface area (Å²) in [5.41, 5.74) is 1.68. The molecule has 0 unspecified atom stereocenters. The van der Waals surface area contributed by atoms with E-state index in [0.717, 1.165) is 0 Å². The van der Waals surface area contributed by atoms with Crippen LogP contribution in [0.15, 0.2) is 54.6 Å². The van der Waals surface area contributed by atoms with Crippen molar-refractivity contribution in [3.8, 4) is 23.0 Å². The van der Waals surface area contributed by atoms with Crippen LogP contribution in [0.25, 0.3) is 0 Å². The third kappa shape index (κ3) is 5.77.